The van der Waals surface area contributed by atoms with Crippen molar-refractivity contribution in [3.63, 3.8) is 0 Å². The molecule has 1 fully saturated rings. The molecule has 2 heterocycles. The van der Waals surface area contributed by atoms with E-state index < -0.39 is 0 Å². The number of ether oxygens (including phenoxy) is 2. The molecule has 0 aliphatic carbocycles. The summed E-state index contributed by atoms with van der Waals surface area (Å²) in [6, 6.07) is 15.9. The molecule has 4 rings (SSSR count). The second kappa shape index (κ2) is 6.65. The number of hydrogen-bond donors (Lipinski definition) is 1. The van der Waals surface area contributed by atoms with E-state index in [2.05, 4.69) is 5.32 Å². The number of hydrogen-bond acceptors (Lipinski definition) is 3. The van der Waals surface area contributed by atoms with Gasteiger partial charge in [0.05, 0.1) is 6.10 Å². The summed E-state index contributed by atoms with van der Waals surface area (Å²) in [5.74, 6) is 1.76. The lowest BCUT2D eigenvalue weighted by molar-refractivity contribution is -0.121. The third-order valence-electron chi connectivity index (χ3n) is 4.75. The van der Waals surface area contributed by atoms with Crippen LogP contribution in [-0.4, -0.2) is 25.2 Å². The van der Waals surface area contributed by atoms with Crippen molar-refractivity contribution in [2.45, 2.75) is 31.3 Å². The van der Waals surface area contributed by atoms with Crippen LogP contribution in [0.3, 0.4) is 0 Å². The Bertz CT molecular complexity index is 692. The first kappa shape index (κ1) is 15.2. The summed E-state index contributed by atoms with van der Waals surface area (Å²) in [6.07, 6.45) is 2.71. The van der Waals surface area contributed by atoms with Crippen LogP contribution < -0.4 is 10.1 Å². The van der Waals surface area contributed by atoms with Crippen molar-refractivity contribution in [2.24, 2.45) is 0 Å². The van der Waals surface area contributed by atoms with Crippen LogP contribution in [0.5, 0.6) is 11.5 Å². The second-order valence-corrected chi connectivity index (χ2v) is 6.37. The van der Waals surface area contributed by atoms with Crippen LogP contribution in [0.1, 0.15) is 36.3 Å². The fourth-order valence-electron chi connectivity index (χ4n) is 3.52. The van der Waals surface area contributed by atoms with Gasteiger partial charge in [-0.1, -0.05) is 36.4 Å². The van der Waals surface area contributed by atoms with Crippen LogP contribution in [0.15, 0.2) is 48.5 Å². The molecule has 1 atom stereocenters. The Morgan fingerprint density at radius 2 is 1.71 bits per heavy atom. The van der Waals surface area contributed by atoms with Crippen molar-refractivity contribution < 1.29 is 14.3 Å². The molecule has 1 saturated heterocycles. The first-order chi connectivity index (χ1) is 11.8. The fraction of sp³-hybridized carbons (Fsp3) is 0.350. The number of amides is 1. The Morgan fingerprint density at radius 1 is 1.04 bits per heavy atom. The molecule has 124 valence electrons. The highest BCUT2D eigenvalue weighted by atomic mass is 16.5. The molecule has 0 spiro atoms. The summed E-state index contributed by atoms with van der Waals surface area (Å²) >= 11 is 0. The fourth-order valence-corrected chi connectivity index (χ4v) is 3.52. The molecule has 2 aromatic carbocycles. The van der Waals surface area contributed by atoms with Crippen LogP contribution in [0.2, 0.25) is 0 Å². The number of rotatable bonds is 4. The topological polar surface area (TPSA) is 47.6 Å². The smallest absolute Gasteiger partial charge is 0.221 e. The van der Waals surface area contributed by atoms with Gasteiger partial charge in [0.25, 0.3) is 0 Å². The Morgan fingerprint density at radius 3 is 2.33 bits per heavy atom. The number of nitrogens with one attached hydrogen (secondary N) is 1. The predicted octanol–water partition coefficient (Wildman–Crippen LogP) is 3.61. The van der Waals surface area contributed by atoms with Gasteiger partial charge in [0.1, 0.15) is 11.5 Å². The van der Waals surface area contributed by atoms with Crippen molar-refractivity contribution in [1.29, 1.82) is 0 Å². The Balaban J connectivity index is 1.52. The normalized spacial score (nSPS) is 19.2. The first-order valence-corrected chi connectivity index (χ1v) is 8.55. The van der Waals surface area contributed by atoms with Crippen molar-refractivity contribution in [3.8, 4) is 11.5 Å². The molecule has 0 saturated carbocycles. The Hall–Kier alpha value is -2.33. The van der Waals surface area contributed by atoms with Crippen LogP contribution in [-0.2, 0) is 9.53 Å². The summed E-state index contributed by atoms with van der Waals surface area (Å²) in [4.78, 5) is 12.5. The molecule has 0 bridgehead atoms. The molecule has 4 heteroatoms. The van der Waals surface area contributed by atoms with E-state index in [9.17, 15) is 4.79 Å². The van der Waals surface area contributed by atoms with Gasteiger partial charge in [0, 0.05) is 36.6 Å². The number of carbonyl (C=O) groups is 1. The predicted molar refractivity (Wildman–Crippen MR) is 91.4 cm³/mol. The zero-order chi connectivity index (χ0) is 16.4. The highest BCUT2D eigenvalue weighted by Gasteiger charge is 2.28. The summed E-state index contributed by atoms with van der Waals surface area (Å²) in [7, 11) is 0. The van der Waals surface area contributed by atoms with E-state index in [4.69, 9.17) is 9.47 Å². The van der Waals surface area contributed by atoms with E-state index in [0.29, 0.717) is 13.0 Å². The van der Waals surface area contributed by atoms with Crippen molar-refractivity contribution >= 4 is 5.91 Å². The van der Waals surface area contributed by atoms with Gasteiger partial charge in [0.15, 0.2) is 0 Å². The highest BCUT2D eigenvalue weighted by molar-refractivity contribution is 5.78. The molecule has 0 radical (unpaired) electrons. The molecule has 2 aromatic rings. The monoisotopic (exact) mass is 323 g/mol. The largest absolute Gasteiger partial charge is 0.457 e. The van der Waals surface area contributed by atoms with E-state index in [1.807, 2.05) is 48.5 Å². The zero-order valence-electron chi connectivity index (χ0n) is 13.5. The Kier molecular flexibility index (Phi) is 4.22. The van der Waals surface area contributed by atoms with E-state index in [-0.39, 0.29) is 17.9 Å². The van der Waals surface area contributed by atoms with Crippen molar-refractivity contribution in [1.82, 2.24) is 5.32 Å². The molecule has 0 unspecified atom stereocenters. The summed E-state index contributed by atoms with van der Waals surface area (Å²) in [6.45, 7) is 1.41. The quantitative estimate of drug-likeness (QED) is 0.935. The molecule has 1 amide bonds. The average Bonchev–Trinajstić information content (AvgIpc) is 3.13. The third kappa shape index (κ3) is 3.02. The maximum atomic E-state index is 12.5. The number of fused-ring (bicyclic) bond motifs is 2. The van der Waals surface area contributed by atoms with Gasteiger partial charge in [-0.2, -0.15) is 0 Å². The lowest BCUT2D eigenvalue weighted by Gasteiger charge is -2.28. The molecule has 1 N–H and O–H groups in total. The van der Waals surface area contributed by atoms with Crippen molar-refractivity contribution in [2.75, 3.05) is 13.2 Å². The SMILES string of the molecule is O=C(CC1c2ccccc2Oc2ccccc21)NC[C@@H]1CCCO1. The summed E-state index contributed by atoms with van der Waals surface area (Å²) < 4.78 is 11.5. The van der Waals surface area contributed by atoms with Crippen LogP contribution >= 0.6 is 0 Å². The molecule has 0 aromatic heterocycles. The average molecular weight is 323 g/mol. The van der Waals surface area contributed by atoms with Crippen LogP contribution in [0.4, 0.5) is 0 Å². The van der Waals surface area contributed by atoms with Crippen LogP contribution in [0.25, 0.3) is 0 Å². The van der Waals surface area contributed by atoms with Crippen molar-refractivity contribution in [3.05, 3.63) is 59.7 Å². The standard InChI is InChI=1S/C20H21NO3/c22-20(21-13-14-6-5-11-23-14)12-17-15-7-1-3-9-18(15)24-19-10-4-2-8-16(17)19/h1-4,7-10,14,17H,5-6,11-13H2,(H,21,22)/t14-/m0/s1. The number of para-hydroxylation sites is 2. The van der Waals surface area contributed by atoms with E-state index >= 15 is 0 Å². The van der Waals surface area contributed by atoms with E-state index in [0.717, 1.165) is 42.1 Å². The third-order valence-corrected chi connectivity index (χ3v) is 4.75. The second-order valence-electron chi connectivity index (χ2n) is 6.37. The van der Waals surface area contributed by atoms with Gasteiger partial charge in [-0.15, -0.1) is 0 Å². The van der Waals surface area contributed by atoms with Gasteiger partial charge in [-0.05, 0) is 25.0 Å². The van der Waals surface area contributed by atoms with E-state index in [1.165, 1.54) is 0 Å². The lowest BCUT2D eigenvalue weighted by atomic mass is 9.85. The Labute approximate surface area is 141 Å². The van der Waals surface area contributed by atoms with Crippen LogP contribution in [0, 0.1) is 0 Å². The first-order valence-electron chi connectivity index (χ1n) is 8.55. The van der Waals surface area contributed by atoms with E-state index in [1.54, 1.807) is 0 Å². The minimum absolute atomic E-state index is 0.0237. The molecular weight excluding hydrogens is 302 g/mol. The van der Waals surface area contributed by atoms with Gasteiger partial charge < -0.3 is 14.8 Å². The van der Waals surface area contributed by atoms with Gasteiger partial charge in [-0.25, -0.2) is 0 Å². The minimum atomic E-state index is 0.0237. The number of benzene rings is 2. The summed E-state index contributed by atoms with van der Waals surface area (Å²) in [5, 5.41) is 3.03. The molecule has 2 aliphatic heterocycles. The maximum absolute atomic E-state index is 12.5. The van der Waals surface area contributed by atoms with Gasteiger partial charge >= 0.3 is 0 Å². The zero-order valence-corrected chi connectivity index (χ0v) is 13.5. The highest BCUT2D eigenvalue weighted by Crippen LogP contribution is 2.45. The van der Waals surface area contributed by atoms with Gasteiger partial charge in [0.2, 0.25) is 5.91 Å². The maximum Gasteiger partial charge on any atom is 0.221 e. The minimum Gasteiger partial charge on any atom is -0.457 e. The molecular formula is C20H21NO3. The van der Waals surface area contributed by atoms with Gasteiger partial charge in [-0.3, -0.25) is 4.79 Å². The lowest BCUT2D eigenvalue weighted by Crippen LogP contribution is -2.33. The summed E-state index contributed by atoms with van der Waals surface area (Å²) in [5.41, 5.74) is 2.15. The number of carbonyl (C=O) groups excluding carboxylic acids is 1. The molecule has 24 heavy (non-hydrogen) atoms. The molecule has 4 nitrogen and oxygen atoms in total. The molecule has 2 aliphatic rings.